The van der Waals surface area contributed by atoms with E-state index in [0.29, 0.717) is 29.8 Å². The molecule has 154 valence electrons. The third kappa shape index (κ3) is 3.66. The van der Waals surface area contributed by atoms with Crippen LogP contribution in [-0.2, 0) is 7.05 Å². The van der Waals surface area contributed by atoms with E-state index >= 15 is 0 Å². The number of benzene rings is 1. The molecule has 2 aromatic heterocycles. The molecular formula is C21H21FN6O2. The van der Waals surface area contributed by atoms with Crippen LogP contribution in [0.4, 0.5) is 10.3 Å². The molecule has 1 aliphatic rings. The fraction of sp³-hybridized carbons (Fsp3) is 0.286. The van der Waals surface area contributed by atoms with Crippen molar-refractivity contribution in [2.75, 3.05) is 12.3 Å². The second-order valence-corrected chi connectivity index (χ2v) is 7.20. The quantitative estimate of drug-likeness (QED) is 0.713. The monoisotopic (exact) mass is 408 g/mol. The summed E-state index contributed by atoms with van der Waals surface area (Å²) in [6.07, 6.45) is 3.85. The van der Waals surface area contributed by atoms with Crippen LogP contribution in [0.15, 0.2) is 47.4 Å². The first kappa shape index (κ1) is 19.7. The summed E-state index contributed by atoms with van der Waals surface area (Å²) in [6.45, 7) is 0.495. The number of aromatic nitrogens is 4. The molecule has 0 radical (unpaired) electrons. The van der Waals surface area contributed by atoms with Crippen LogP contribution < -0.4 is 11.3 Å². The summed E-state index contributed by atoms with van der Waals surface area (Å²) in [7, 11) is 1.49. The Morgan fingerprint density at radius 3 is 2.73 bits per heavy atom. The Balaban J connectivity index is 1.79. The molecule has 0 aliphatic carbocycles. The number of piperidine rings is 1. The Kier molecular flexibility index (Phi) is 5.26. The Morgan fingerprint density at radius 2 is 1.97 bits per heavy atom. The van der Waals surface area contributed by atoms with Gasteiger partial charge in [0.25, 0.3) is 11.5 Å². The molecule has 3 heterocycles. The fourth-order valence-electron chi connectivity index (χ4n) is 3.77. The third-order valence-electron chi connectivity index (χ3n) is 5.26. The maximum Gasteiger partial charge on any atom is 0.274 e. The molecule has 1 unspecified atom stereocenters. The minimum absolute atomic E-state index is 0.0586. The van der Waals surface area contributed by atoms with Crippen LogP contribution in [0.25, 0.3) is 11.1 Å². The number of likely N-dealkylation sites (tertiary alicyclic amines) is 1. The summed E-state index contributed by atoms with van der Waals surface area (Å²) in [6, 6.07) is 8.68. The van der Waals surface area contributed by atoms with Crippen molar-refractivity contribution in [1.29, 1.82) is 0 Å². The molecule has 0 spiro atoms. The number of amides is 1. The lowest BCUT2D eigenvalue weighted by Crippen LogP contribution is -2.40. The smallest absolute Gasteiger partial charge is 0.274 e. The van der Waals surface area contributed by atoms with Crippen LogP contribution in [0.2, 0.25) is 0 Å². The number of rotatable bonds is 3. The summed E-state index contributed by atoms with van der Waals surface area (Å²) < 4.78 is 15.6. The van der Waals surface area contributed by atoms with Gasteiger partial charge in [-0.15, -0.1) is 0 Å². The minimum atomic E-state index is -0.412. The lowest BCUT2D eigenvalue weighted by molar-refractivity contribution is 0.0598. The number of anilines is 1. The number of nitrogens with two attached hydrogens (primary N) is 1. The van der Waals surface area contributed by atoms with Crippen molar-refractivity contribution in [2.24, 2.45) is 7.05 Å². The lowest BCUT2D eigenvalue weighted by atomic mass is 9.93. The van der Waals surface area contributed by atoms with Gasteiger partial charge in [0.2, 0.25) is 5.95 Å². The van der Waals surface area contributed by atoms with Gasteiger partial charge in [0, 0.05) is 37.0 Å². The topological polar surface area (TPSA) is 107 Å². The predicted molar refractivity (Wildman–Crippen MR) is 109 cm³/mol. The van der Waals surface area contributed by atoms with Gasteiger partial charge in [0.05, 0.1) is 11.7 Å². The molecule has 4 rings (SSSR count). The average molecular weight is 408 g/mol. The number of halogens is 1. The first-order valence-corrected chi connectivity index (χ1v) is 9.68. The van der Waals surface area contributed by atoms with Crippen LogP contribution in [-0.4, -0.2) is 37.1 Å². The van der Waals surface area contributed by atoms with Gasteiger partial charge in [-0.1, -0.05) is 18.2 Å². The third-order valence-corrected chi connectivity index (χ3v) is 5.26. The minimum Gasteiger partial charge on any atom is -0.368 e. The summed E-state index contributed by atoms with van der Waals surface area (Å²) in [5, 5.41) is 4.08. The van der Waals surface area contributed by atoms with Crippen molar-refractivity contribution in [1.82, 2.24) is 24.6 Å². The van der Waals surface area contributed by atoms with Crippen molar-refractivity contribution in [3.63, 3.8) is 0 Å². The number of nitrogens with zero attached hydrogens (tertiary/aromatic N) is 5. The van der Waals surface area contributed by atoms with Crippen LogP contribution in [0, 0.1) is 5.82 Å². The van der Waals surface area contributed by atoms with Crippen LogP contribution in [0.5, 0.6) is 0 Å². The number of hydrogen-bond acceptors (Lipinski definition) is 6. The molecule has 1 amide bonds. The molecule has 1 aromatic carbocycles. The van der Waals surface area contributed by atoms with Gasteiger partial charge >= 0.3 is 0 Å². The summed E-state index contributed by atoms with van der Waals surface area (Å²) >= 11 is 0. The first-order valence-electron chi connectivity index (χ1n) is 9.68. The largest absolute Gasteiger partial charge is 0.368 e. The Hall–Kier alpha value is -3.62. The van der Waals surface area contributed by atoms with E-state index in [0.717, 1.165) is 17.5 Å². The molecule has 3 aromatic rings. The Bertz CT molecular complexity index is 1160. The molecule has 1 atom stereocenters. The highest BCUT2D eigenvalue weighted by Crippen LogP contribution is 2.37. The molecule has 1 saturated heterocycles. The van der Waals surface area contributed by atoms with Gasteiger partial charge in [0.15, 0.2) is 0 Å². The highest BCUT2D eigenvalue weighted by Gasteiger charge is 2.33. The number of hydrogen-bond donors (Lipinski definition) is 1. The van der Waals surface area contributed by atoms with Crippen LogP contribution in [0.3, 0.4) is 0 Å². The maximum atomic E-state index is 14.5. The van der Waals surface area contributed by atoms with Crippen molar-refractivity contribution in [3.8, 4) is 11.1 Å². The van der Waals surface area contributed by atoms with E-state index in [1.807, 2.05) is 0 Å². The van der Waals surface area contributed by atoms with Gasteiger partial charge in [-0.3, -0.25) is 9.59 Å². The van der Waals surface area contributed by atoms with Crippen molar-refractivity contribution < 1.29 is 9.18 Å². The molecule has 30 heavy (non-hydrogen) atoms. The standard InChI is InChI=1S/C21H21FN6O2/c1-27-18(29)10-9-16(26-27)20(30)28-11-5-4-8-17(28)19-14(12-24-21(23)25-19)13-6-2-3-7-15(13)22/h2-3,6-7,9-10,12,17H,4-5,8,11H2,1H3,(H2,23,24,25). The average Bonchev–Trinajstić information content (AvgIpc) is 2.76. The van der Waals surface area contributed by atoms with Crippen molar-refractivity contribution in [3.05, 3.63) is 70.2 Å². The van der Waals surface area contributed by atoms with Gasteiger partial charge in [0.1, 0.15) is 11.5 Å². The van der Waals surface area contributed by atoms with Gasteiger partial charge in [-0.25, -0.2) is 19.0 Å². The molecule has 1 aliphatic heterocycles. The van der Waals surface area contributed by atoms with E-state index in [4.69, 9.17) is 5.73 Å². The van der Waals surface area contributed by atoms with E-state index in [2.05, 4.69) is 15.1 Å². The zero-order valence-electron chi connectivity index (χ0n) is 16.5. The van der Waals surface area contributed by atoms with E-state index in [1.54, 1.807) is 23.1 Å². The van der Waals surface area contributed by atoms with Gasteiger partial charge in [-0.2, -0.15) is 5.10 Å². The molecule has 8 nitrogen and oxygen atoms in total. The second-order valence-electron chi connectivity index (χ2n) is 7.20. The van der Waals surface area contributed by atoms with Crippen LogP contribution >= 0.6 is 0 Å². The number of carbonyl (C=O) groups excluding carboxylic acids is 1. The number of carbonyl (C=O) groups is 1. The Morgan fingerprint density at radius 1 is 1.17 bits per heavy atom. The summed E-state index contributed by atoms with van der Waals surface area (Å²) in [5.41, 5.74) is 7.07. The number of nitrogen functional groups attached to an aromatic ring is 1. The molecule has 9 heteroatoms. The van der Waals surface area contributed by atoms with E-state index < -0.39 is 11.9 Å². The van der Waals surface area contributed by atoms with Crippen molar-refractivity contribution >= 4 is 11.9 Å². The van der Waals surface area contributed by atoms with E-state index in [-0.39, 0.29) is 23.1 Å². The van der Waals surface area contributed by atoms with E-state index in [1.165, 1.54) is 31.4 Å². The maximum absolute atomic E-state index is 14.5. The second kappa shape index (κ2) is 8.02. The molecule has 1 fully saturated rings. The normalized spacial score (nSPS) is 16.5. The highest BCUT2D eigenvalue weighted by atomic mass is 19.1. The number of aryl methyl sites for hydroxylation is 1. The molecule has 2 N–H and O–H groups in total. The fourth-order valence-corrected chi connectivity index (χ4v) is 3.77. The van der Waals surface area contributed by atoms with Crippen molar-refractivity contribution in [2.45, 2.75) is 25.3 Å². The summed E-state index contributed by atoms with van der Waals surface area (Å²) in [4.78, 5) is 35.0. The zero-order valence-corrected chi connectivity index (χ0v) is 16.5. The molecule has 0 saturated carbocycles. The SMILES string of the molecule is Cn1nc(C(=O)N2CCCCC2c2nc(N)ncc2-c2ccccc2F)ccc1=O. The molecular weight excluding hydrogens is 387 g/mol. The first-order chi connectivity index (χ1) is 14.5. The predicted octanol–water partition coefficient (Wildman–Crippen LogP) is 2.33. The highest BCUT2D eigenvalue weighted by molar-refractivity contribution is 5.92. The van der Waals surface area contributed by atoms with Crippen LogP contribution in [0.1, 0.15) is 41.5 Å². The van der Waals surface area contributed by atoms with Gasteiger partial charge in [-0.05, 0) is 31.4 Å². The van der Waals surface area contributed by atoms with Gasteiger partial charge < -0.3 is 10.6 Å². The van der Waals surface area contributed by atoms with E-state index in [9.17, 15) is 14.0 Å². The zero-order chi connectivity index (χ0) is 21.3. The summed E-state index contributed by atoms with van der Waals surface area (Å²) in [5.74, 6) is -0.657. The lowest BCUT2D eigenvalue weighted by Gasteiger charge is -2.36. The molecule has 0 bridgehead atoms. The Labute approximate surface area is 172 Å².